The molecule has 0 bridgehead atoms. The molecule has 27 heavy (non-hydrogen) atoms. The first-order chi connectivity index (χ1) is 13.3. The van der Waals surface area contributed by atoms with Gasteiger partial charge in [0, 0.05) is 44.5 Å². The lowest BCUT2D eigenvalue weighted by Crippen LogP contribution is -2.46. The molecule has 0 amide bonds. The van der Waals surface area contributed by atoms with Crippen molar-refractivity contribution in [2.75, 3.05) is 41.3 Å². The molecule has 1 N–H and O–H groups in total. The van der Waals surface area contributed by atoms with E-state index in [1.54, 1.807) is 18.5 Å². The van der Waals surface area contributed by atoms with Crippen LogP contribution in [0.5, 0.6) is 0 Å². The highest BCUT2D eigenvalue weighted by molar-refractivity contribution is 5.52. The van der Waals surface area contributed by atoms with Gasteiger partial charge in [-0.15, -0.1) is 0 Å². The van der Waals surface area contributed by atoms with Gasteiger partial charge in [-0.3, -0.25) is 0 Å². The number of halogens is 1. The van der Waals surface area contributed by atoms with Crippen molar-refractivity contribution in [1.82, 2.24) is 9.97 Å². The van der Waals surface area contributed by atoms with Gasteiger partial charge in [0.1, 0.15) is 23.8 Å². The predicted octanol–water partition coefficient (Wildman–Crippen LogP) is 3.55. The Morgan fingerprint density at radius 1 is 0.852 bits per heavy atom. The fourth-order valence-electron chi connectivity index (χ4n) is 3.24. The molecule has 0 unspecified atom stereocenters. The lowest BCUT2D eigenvalue weighted by Gasteiger charge is -2.36. The number of benzene rings is 2. The summed E-state index contributed by atoms with van der Waals surface area (Å²) >= 11 is 0. The van der Waals surface area contributed by atoms with Crippen LogP contribution in [0.4, 0.5) is 21.7 Å². The summed E-state index contributed by atoms with van der Waals surface area (Å²) in [5.41, 5.74) is 2.27. The van der Waals surface area contributed by atoms with Crippen molar-refractivity contribution >= 4 is 17.3 Å². The Bertz CT molecular complexity index is 861. The maximum absolute atomic E-state index is 13.0. The van der Waals surface area contributed by atoms with Crippen molar-refractivity contribution in [3.63, 3.8) is 0 Å². The van der Waals surface area contributed by atoms with Gasteiger partial charge in [0.05, 0.1) is 0 Å². The summed E-state index contributed by atoms with van der Waals surface area (Å²) < 4.78 is 13.0. The van der Waals surface area contributed by atoms with Crippen molar-refractivity contribution in [3.8, 4) is 0 Å². The van der Waals surface area contributed by atoms with Crippen molar-refractivity contribution in [2.45, 2.75) is 6.54 Å². The number of rotatable bonds is 5. The van der Waals surface area contributed by atoms with Gasteiger partial charge in [0.25, 0.3) is 0 Å². The Kier molecular flexibility index (Phi) is 5.14. The first kappa shape index (κ1) is 17.3. The van der Waals surface area contributed by atoms with Gasteiger partial charge in [-0.05, 0) is 29.8 Å². The molecule has 3 aromatic rings. The van der Waals surface area contributed by atoms with Crippen LogP contribution in [0.1, 0.15) is 5.56 Å². The Labute approximate surface area is 158 Å². The summed E-state index contributed by atoms with van der Waals surface area (Å²) in [5, 5.41) is 3.28. The maximum atomic E-state index is 13.0. The van der Waals surface area contributed by atoms with E-state index >= 15 is 0 Å². The number of hydrogen-bond donors (Lipinski definition) is 1. The fourth-order valence-corrected chi connectivity index (χ4v) is 3.24. The first-order valence-corrected chi connectivity index (χ1v) is 9.13. The number of nitrogens with zero attached hydrogens (tertiary/aromatic N) is 4. The summed E-state index contributed by atoms with van der Waals surface area (Å²) in [5.74, 6) is 1.48. The normalized spacial score (nSPS) is 14.3. The van der Waals surface area contributed by atoms with Gasteiger partial charge >= 0.3 is 0 Å². The molecule has 0 radical (unpaired) electrons. The molecule has 1 aliphatic rings. The largest absolute Gasteiger partial charge is 0.368 e. The zero-order chi connectivity index (χ0) is 18.5. The van der Waals surface area contributed by atoms with Crippen LogP contribution < -0.4 is 15.1 Å². The number of hydrogen-bond acceptors (Lipinski definition) is 5. The Balaban J connectivity index is 1.36. The quantitative estimate of drug-likeness (QED) is 0.751. The van der Waals surface area contributed by atoms with E-state index in [2.05, 4.69) is 49.4 Å². The molecule has 0 spiro atoms. The summed E-state index contributed by atoms with van der Waals surface area (Å²) in [6.45, 7) is 4.36. The number of anilines is 3. The first-order valence-electron chi connectivity index (χ1n) is 9.13. The van der Waals surface area contributed by atoms with Gasteiger partial charge in [0.15, 0.2) is 0 Å². The average Bonchev–Trinajstić information content (AvgIpc) is 2.74. The molecule has 5 nitrogen and oxygen atoms in total. The third-order valence-electron chi connectivity index (χ3n) is 4.76. The third-order valence-corrected chi connectivity index (χ3v) is 4.76. The monoisotopic (exact) mass is 363 g/mol. The minimum Gasteiger partial charge on any atom is -0.368 e. The molecule has 6 heteroatoms. The second-order valence-electron chi connectivity index (χ2n) is 6.55. The van der Waals surface area contributed by atoms with Crippen LogP contribution in [0.15, 0.2) is 67.0 Å². The van der Waals surface area contributed by atoms with Gasteiger partial charge in [0.2, 0.25) is 0 Å². The number of para-hydroxylation sites is 1. The van der Waals surface area contributed by atoms with E-state index in [1.807, 2.05) is 12.1 Å². The molecule has 1 aliphatic heterocycles. The lowest BCUT2D eigenvalue weighted by atomic mass is 10.2. The summed E-state index contributed by atoms with van der Waals surface area (Å²) in [6.07, 6.45) is 1.59. The van der Waals surface area contributed by atoms with Crippen molar-refractivity contribution in [1.29, 1.82) is 0 Å². The fraction of sp³-hybridized carbons (Fsp3) is 0.238. The molecule has 2 aromatic carbocycles. The van der Waals surface area contributed by atoms with E-state index < -0.39 is 0 Å². The molecule has 0 saturated carbocycles. The Morgan fingerprint density at radius 3 is 2.30 bits per heavy atom. The predicted molar refractivity (Wildman–Crippen MR) is 107 cm³/mol. The van der Waals surface area contributed by atoms with Crippen LogP contribution in [0.25, 0.3) is 0 Å². The summed E-state index contributed by atoms with van der Waals surface area (Å²) in [4.78, 5) is 13.4. The van der Waals surface area contributed by atoms with Crippen LogP contribution in [0.3, 0.4) is 0 Å². The van der Waals surface area contributed by atoms with Crippen LogP contribution in [-0.2, 0) is 6.54 Å². The molecule has 0 aliphatic carbocycles. The van der Waals surface area contributed by atoms with Crippen LogP contribution >= 0.6 is 0 Å². The number of nitrogens with one attached hydrogen (secondary N) is 1. The van der Waals surface area contributed by atoms with E-state index in [0.29, 0.717) is 6.54 Å². The maximum Gasteiger partial charge on any atom is 0.134 e. The Hall–Kier alpha value is -3.15. The SMILES string of the molecule is Fc1ccc(CNc2cc(N3CCN(c4ccccc4)CC3)ncn2)cc1. The standard InChI is InChI=1S/C21H22FN5/c22-18-8-6-17(7-9-18)15-23-20-14-21(25-16-24-20)27-12-10-26(11-13-27)19-4-2-1-3-5-19/h1-9,14,16H,10-13,15H2,(H,23,24,25). The molecule has 4 rings (SSSR count). The second kappa shape index (κ2) is 8.03. The average molecular weight is 363 g/mol. The number of piperazine rings is 1. The van der Waals surface area contributed by atoms with E-state index in [-0.39, 0.29) is 5.82 Å². The lowest BCUT2D eigenvalue weighted by molar-refractivity contribution is 0.627. The zero-order valence-electron chi connectivity index (χ0n) is 15.1. The highest BCUT2D eigenvalue weighted by Gasteiger charge is 2.18. The van der Waals surface area contributed by atoms with Gasteiger partial charge in [-0.1, -0.05) is 30.3 Å². The highest BCUT2D eigenvalue weighted by Crippen LogP contribution is 2.20. The molecule has 1 saturated heterocycles. The molecular weight excluding hydrogens is 341 g/mol. The second-order valence-corrected chi connectivity index (χ2v) is 6.55. The third kappa shape index (κ3) is 4.34. The minimum atomic E-state index is -0.224. The van der Waals surface area contributed by atoms with E-state index in [1.165, 1.54) is 17.8 Å². The molecule has 138 valence electrons. The van der Waals surface area contributed by atoms with Gasteiger partial charge in [-0.2, -0.15) is 0 Å². The smallest absolute Gasteiger partial charge is 0.134 e. The molecule has 1 aromatic heterocycles. The molecule has 2 heterocycles. The van der Waals surface area contributed by atoms with E-state index in [0.717, 1.165) is 43.4 Å². The van der Waals surface area contributed by atoms with E-state index in [4.69, 9.17) is 0 Å². The topological polar surface area (TPSA) is 44.3 Å². The number of aromatic nitrogens is 2. The van der Waals surface area contributed by atoms with Crippen LogP contribution in [0, 0.1) is 5.82 Å². The molecular formula is C21H22FN5. The van der Waals surface area contributed by atoms with Crippen molar-refractivity contribution < 1.29 is 4.39 Å². The minimum absolute atomic E-state index is 0.224. The van der Waals surface area contributed by atoms with Crippen LogP contribution in [0.2, 0.25) is 0 Å². The van der Waals surface area contributed by atoms with Gasteiger partial charge in [-0.25, -0.2) is 14.4 Å². The summed E-state index contributed by atoms with van der Waals surface area (Å²) in [6, 6.07) is 18.9. The highest BCUT2D eigenvalue weighted by atomic mass is 19.1. The van der Waals surface area contributed by atoms with Crippen molar-refractivity contribution in [3.05, 3.63) is 78.4 Å². The zero-order valence-corrected chi connectivity index (χ0v) is 15.1. The van der Waals surface area contributed by atoms with Crippen molar-refractivity contribution in [2.24, 2.45) is 0 Å². The van der Waals surface area contributed by atoms with E-state index in [9.17, 15) is 4.39 Å². The van der Waals surface area contributed by atoms with Gasteiger partial charge < -0.3 is 15.1 Å². The van der Waals surface area contributed by atoms with Crippen LogP contribution in [-0.4, -0.2) is 36.1 Å². The Morgan fingerprint density at radius 2 is 1.56 bits per heavy atom. The summed E-state index contributed by atoms with van der Waals surface area (Å²) in [7, 11) is 0. The molecule has 1 fully saturated rings. The molecule has 0 atom stereocenters.